The monoisotopic (exact) mass is 196 g/mol. The van der Waals surface area contributed by atoms with Crippen molar-refractivity contribution in [1.29, 1.82) is 0 Å². The first kappa shape index (κ1) is 10.2. The first-order chi connectivity index (χ1) is 6.70. The van der Waals surface area contributed by atoms with E-state index in [-0.39, 0.29) is 5.79 Å². The van der Waals surface area contributed by atoms with Gasteiger partial charge in [-0.1, -0.05) is 25.5 Å². The maximum Gasteiger partial charge on any atom is 0.169 e. The molecule has 1 heterocycles. The highest BCUT2D eigenvalue weighted by molar-refractivity contribution is 5.08. The number of rotatable bonds is 1. The summed E-state index contributed by atoms with van der Waals surface area (Å²) in [4.78, 5) is 0. The molecule has 0 amide bonds. The van der Waals surface area contributed by atoms with Crippen LogP contribution in [0, 0.1) is 5.92 Å². The minimum atomic E-state index is -0.200. The van der Waals surface area contributed by atoms with E-state index in [1.807, 2.05) is 0 Å². The van der Waals surface area contributed by atoms with E-state index in [0.717, 1.165) is 38.9 Å². The SMILES string of the molecule is CC(C)C=C1CCC2(CC1)OCCO2. The predicted octanol–water partition coefficient (Wildman–Crippen LogP) is 2.89. The van der Waals surface area contributed by atoms with Crippen LogP contribution in [0.3, 0.4) is 0 Å². The average Bonchev–Trinajstić information content (AvgIpc) is 2.58. The minimum Gasteiger partial charge on any atom is -0.348 e. The Labute approximate surface area is 86.3 Å². The molecular formula is C12H20O2. The van der Waals surface area contributed by atoms with Gasteiger partial charge in [0.1, 0.15) is 0 Å². The summed E-state index contributed by atoms with van der Waals surface area (Å²) in [5, 5.41) is 0. The van der Waals surface area contributed by atoms with Gasteiger partial charge < -0.3 is 9.47 Å². The number of hydrogen-bond acceptors (Lipinski definition) is 2. The van der Waals surface area contributed by atoms with Crippen molar-refractivity contribution in [3.8, 4) is 0 Å². The third-order valence-electron chi connectivity index (χ3n) is 3.04. The summed E-state index contributed by atoms with van der Waals surface area (Å²) >= 11 is 0. The lowest BCUT2D eigenvalue weighted by atomic mass is 9.88. The largest absolute Gasteiger partial charge is 0.348 e. The van der Waals surface area contributed by atoms with E-state index in [4.69, 9.17) is 9.47 Å². The molecule has 1 aliphatic heterocycles. The Balaban J connectivity index is 1.91. The van der Waals surface area contributed by atoms with Crippen molar-refractivity contribution >= 4 is 0 Å². The molecule has 0 radical (unpaired) electrons. The lowest BCUT2D eigenvalue weighted by molar-refractivity contribution is -0.171. The van der Waals surface area contributed by atoms with Crippen LogP contribution in [-0.4, -0.2) is 19.0 Å². The second kappa shape index (κ2) is 4.03. The fourth-order valence-corrected chi connectivity index (χ4v) is 2.38. The summed E-state index contributed by atoms with van der Waals surface area (Å²) in [5.74, 6) is 0.471. The maximum absolute atomic E-state index is 5.69. The molecule has 2 rings (SSSR count). The van der Waals surface area contributed by atoms with Crippen LogP contribution in [0.2, 0.25) is 0 Å². The first-order valence-corrected chi connectivity index (χ1v) is 5.68. The molecule has 1 saturated heterocycles. The highest BCUT2D eigenvalue weighted by Gasteiger charge is 2.38. The molecule has 14 heavy (non-hydrogen) atoms. The van der Waals surface area contributed by atoms with Crippen LogP contribution >= 0.6 is 0 Å². The highest BCUT2D eigenvalue weighted by atomic mass is 16.7. The summed E-state index contributed by atoms with van der Waals surface area (Å²) in [5.41, 5.74) is 1.59. The molecule has 1 saturated carbocycles. The predicted molar refractivity (Wildman–Crippen MR) is 56.0 cm³/mol. The van der Waals surface area contributed by atoms with Gasteiger partial charge in [0, 0.05) is 12.8 Å². The molecule has 0 aromatic carbocycles. The highest BCUT2D eigenvalue weighted by Crippen LogP contribution is 2.38. The molecule has 0 aromatic rings. The maximum atomic E-state index is 5.69. The molecule has 2 aliphatic rings. The Morgan fingerprint density at radius 1 is 1.14 bits per heavy atom. The van der Waals surface area contributed by atoms with Crippen LogP contribution < -0.4 is 0 Å². The quantitative estimate of drug-likeness (QED) is 0.600. The van der Waals surface area contributed by atoms with Gasteiger partial charge in [0.15, 0.2) is 5.79 Å². The van der Waals surface area contributed by atoms with Crippen molar-refractivity contribution in [1.82, 2.24) is 0 Å². The minimum absolute atomic E-state index is 0.200. The molecule has 2 fully saturated rings. The molecule has 0 atom stereocenters. The van der Waals surface area contributed by atoms with Gasteiger partial charge in [-0.05, 0) is 18.8 Å². The van der Waals surface area contributed by atoms with Crippen molar-refractivity contribution in [2.75, 3.05) is 13.2 Å². The van der Waals surface area contributed by atoms with Gasteiger partial charge in [0.25, 0.3) is 0 Å². The van der Waals surface area contributed by atoms with E-state index in [9.17, 15) is 0 Å². The average molecular weight is 196 g/mol. The van der Waals surface area contributed by atoms with Gasteiger partial charge in [-0.2, -0.15) is 0 Å². The molecule has 1 aliphatic carbocycles. The van der Waals surface area contributed by atoms with Crippen LogP contribution in [-0.2, 0) is 9.47 Å². The van der Waals surface area contributed by atoms with Gasteiger partial charge in [-0.25, -0.2) is 0 Å². The van der Waals surface area contributed by atoms with Crippen LogP contribution in [0.15, 0.2) is 11.6 Å². The Bertz CT molecular complexity index is 212. The van der Waals surface area contributed by atoms with Gasteiger partial charge >= 0.3 is 0 Å². The molecule has 0 N–H and O–H groups in total. The first-order valence-electron chi connectivity index (χ1n) is 5.68. The summed E-state index contributed by atoms with van der Waals surface area (Å²) in [6, 6.07) is 0. The van der Waals surface area contributed by atoms with Gasteiger partial charge in [-0.15, -0.1) is 0 Å². The van der Waals surface area contributed by atoms with E-state index in [1.54, 1.807) is 5.57 Å². The molecular weight excluding hydrogens is 176 g/mol. The molecule has 0 unspecified atom stereocenters. The summed E-state index contributed by atoms with van der Waals surface area (Å²) in [6.45, 7) is 6.03. The topological polar surface area (TPSA) is 18.5 Å². The van der Waals surface area contributed by atoms with Crippen molar-refractivity contribution in [2.45, 2.75) is 45.3 Å². The number of hydrogen-bond donors (Lipinski definition) is 0. The summed E-state index contributed by atoms with van der Waals surface area (Å²) < 4.78 is 11.4. The lowest BCUT2D eigenvalue weighted by Gasteiger charge is -2.32. The molecule has 0 bridgehead atoms. The molecule has 2 nitrogen and oxygen atoms in total. The van der Waals surface area contributed by atoms with Crippen LogP contribution in [0.25, 0.3) is 0 Å². The zero-order valence-electron chi connectivity index (χ0n) is 9.21. The van der Waals surface area contributed by atoms with E-state index in [1.165, 1.54) is 0 Å². The summed E-state index contributed by atoms with van der Waals surface area (Å²) in [6.07, 6.45) is 6.79. The molecule has 2 heteroatoms. The zero-order chi connectivity index (χ0) is 10.0. The molecule has 1 spiro atoms. The van der Waals surface area contributed by atoms with Crippen LogP contribution in [0.4, 0.5) is 0 Å². The smallest absolute Gasteiger partial charge is 0.169 e. The van der Waals surface area contributed by atoms with Crippen molar-refractivity contribution < 1.29 is 9.47 Å². The Kier molecular flexibility index (Phi) is 2.93. The van der Waals surface area contributed by atoms with Gasteiger partial charge in [0.2, 0.25) is 0 Å². The van der Waals surface area contributed by atoms with E-state index in [2.05, 4.69) is 19.9 Å². The number of allylic oxidation sites excluding steroid dienone is 2. The van der Waals surface area contributed by atoms with Crippen LogP contribution in [0.1, 0.15) is 39.5 Å². The fourth-order valence-electron chi connectivity index (χ4n) is 2.38. The van der Waals surface area contributed by atoms with E-state index >= 15 is 0 Å². The second-order valence-electron chi connectivity index (χ2n) is 4.68. The normalized spacial score (nSPS) is 26.1. The van der Waals surface area contributed by atoms with Crippen LogP contribution in [0.5, 0.6) is 0 Å². The fraction of sp³-hybridized carbons (Fsp3) is 0.833. The van der Waals surface area contributed by atoms with Crippen molar-refractivity contribution in [3.05, 3.63) is 11.6 Å². The molecule has 0 aromatic heterocycles. The lowest BCUT2D eigenvalue weighted by Crippen LogP contribution is -2.33. The van der Waals surface area contributed by atoms with Gasteiger partial charge in [-0.3, -0.25) is 0 Å². The van der Waals surface area contributed by atoms with Crippen molar-refractivity contribution in [3.63, 3.8) is 0 Å². The zero-order valence-corrected chi connectivity index (χ0v) is 9.21. The van der Waals surface area contributed by atoms with Crippen molar-refractivity contribution in [2.24, 2.45) is 5.92 Å². The number of ether oxygens (including phenoxy) is 2. The van der Waals surface area contributed by atoms with Gasteiger partial charge in [0.05, 0.1) is 13.2 Å². The summed E-state index contributed by atoms with van der Waals surface area (Å²) in [7, 11) is 0. The third-order valence-corrected chi connectivity index (χ3v) is 3.04. The van der Waals surface area contributed by atoms with E-state index in [0.29, 0.717) is 5.92 Å². The Hall–Kier alpha value is -0.340. The Morgan fingerprint density at radius 2 is 1.71 bits per heavy atom. The van der Waals surface area contributed by atoms with E-state index < -0.39 is 0 Å². The third kappa shape index (κ3) is 2.18. The molecule has 80 valence electrons. The standard InChI is InChI=1S/C12H20O2/c1-10(2)9-11-3-5-12(6-4-11)13-7-8-14-12/h9-10H,3-8H2,1-2H3. The second-order valence-corrected chi connectivity index (χ2v) is 4.68. The Morgan fingerprint density at radius 3 is 2.21 bits per heavy atom.